The Morgan fingerprint density at radius 1 is 1.15 bits per heavy atom. The zero-order valence-corrected chi connectivity index (χ0v) is 17.1. The van der Waals surface area contributed by atoms with Crippen LogP contribution in [0.15, 0.2) is 65.6 Å². The average molecular weight is 455 g/mol. The maximum absolute atomic E-state index is 12.7. The molecule has 9 nitrogen and oxygen atoms in total. The lowest BCUT2D eigenvalue weighted by atomic mass is 10.0. The van der Waals surface area contributed by atoms with Crippen molar-refractivity contribution < 1.29 is 27.2 Å². The van der Waals surface area contributed by atoms with E-state index in [1.165, 1.54) is 16.9 Å². The largest absolute Gasteiger partial charge is 0.433 e. The molecule has 0 unspecified atom stereocenters. The molecule has 3 aromatic heterocycles. The maximum atomic E-state index is 12.7. The van der Waals surface area contributed by atoms with Gasteiger partial charge < -0.3 is 15.2 Å². The van der Waals surface area contributed by atoms with E-state index in [-0.39, 0.29) is 11.6 Å². The molecule has 0 spiro atoms. The molecule has 0 aliphatic rings. The molecule has 12 heteroatoms. The van der Waals surface area contributed by atoms with E-state index >= 15 is 0 Å². The van der Waals surface area contributed by atoms with Gasteiger partial charge in [0.15, 0.2) is 11.3 Å². The van der Waals surface area contributed by atoms with Crippen molar-refractivity contribution in [2.45, 2.75) is 19.6 Å². The van der Waals surface area contributed by atoms with Crippen LogP contribution in [-0.4, -0.2) is 26.5 Å². The maximum Gasteiger partial charge on any atom is 0.433 e. The smallest absolute Gasteiger partial charge is 0.424 e. The number of alkyl halides is 3. The quantitative estimate of drug-likeness (QED) is 0.446. The van der Waals surface area contributed by atoms with E-state index in [2.05, 4.69) is 31.1 Å². The summed E-state index contributed by atoms with van der Waals surface area (Å²) in [5, 5.41) is 17.6. The van der Waals surface area contributed by atoms with Crippen LogP contribution in [-0.2, 0) is 12.7 Å². The summed E-state index contributed by atoms with van der Waals surface area (Å²) < 4.78 is 44.6. The van der Waals surface area contributed by atoms with Crippen LogP contribution in [0.2, 0.25) is 0 Å². The van der Waals surface area contributed by atoms with Gasteiger partial charge in [0.2, 0.25) is 18.6 Å². The van der Waals surface area contributed by atoms with Gasteiger partial charge in [0.25, 0.3) is 0 Å². The number of nitrogens with one attached hydrogen (secondary N) is 1. The molecule has 0 aliphatic carbocycles. The van der Waals surface area contributed by atoms with Gasteiger partial charge in [-0.25, -0.2) is 0 Å². The zero-order valence-electron chi connectivity index (χ0n) is 17.1. The van der Waals surface area contributed by atoms with Crippen molar-refractivity contribution in [2.75, 3.05) is 5.32 Å². The van der Waals surface area contributed by atoms with Crippen LogP contribution in [0.4, 0.5) is 29.5 Å². The second kappa shape index (κ2) is 9.02. The molecule has 0 bridgehead atoms. The first-order valence-corrected chi connectivity index (χ1v) is 9.58. The second-order valence-electron chi connectivity index (χ2n) is 6.93. The molecule has 0 fully saturated rings. The van der Waals surface area contributed by atoms with E-state index in [1.807, 2.05) is 37.3 Å². The van der Waals surface area contributed by atoms with E-state index < -0.39 is 17.9 Å². The Balaban J connectivity index is 1.36. The minimum atomic E-state index is -4.62. The van der Waals surface area contributed by atoms with Crippen molar-refractivity contribution in [2.24, 2.45) is 0 Å². The fourth-order valence-electron chi connectivity index (χ4n) is 2.99. The Kier molecular flexibility index (Phi) is 5.98. The fraction of sp³-hybridized carbons (Fsp3) is 0.143. The fourth-order valence-corrected chi connectivity index (χ4v) is 2.99. The minimum Gasteiger partial charge on any atom is -0.424 e. The van der Waals surface area contributed by atoms with Crippen LogP contribution >= 0.6 is 0 Å². The molecule has 0 aliphatic heterocycles. The van der Waals surface area contributed by atoms with Crippen molar-refractivity contribution in [3.63, 3.8) is 0 Å². The standard InChI is InChI=1S/C21H16F3N7O2/c1-13-17(7-9-26-29-13)15-4-2-14(3-5-15)11-31-12-19(33-30-31)28-20(32)27-16-6-8-25-18(10-16)21(22,23)24/h2-10,12H,11H2,1H3,(H-,25,27,28,30,32). The van der Waals surface area contributed by atoms with Crippen molar-refractivity contribution in [3.8, 4) is 11.1 Å². The zero-order chi connectivity index (χ0) is 23.4. The Morgan fingerprint density at radius 2 is 1.94 bits per heavy atom. The van der Waals surface area contributed by atoms with Crippen LogP contribution in [0, 0.1) is 6.92 Å². The molecule has 2 amide bonds. The highest BCUT2D eigenvalue weighted by atomic mass is 19.4. The number of rotatable bonds is 5. The third kappa shape index (κ3) is 5.47. The number of nitrogens with zero attached hydrogens (tertiary/aromatic N) is 6. The van der Waals surface area contributed by atoms with Gasteiger partial charge in [0.05, 0.1) is 11.9 Å². The van der Waals surface area contributed by atoms with E-state index in [1.54, 1.807) is 6.20 Å². The molecule has 0 saturated carbocycles. The molecule has 0 atom stereocenters. The lowest BCUT2D eigenvalue weighted by Gasteiger charge is -2.14. The minimum absolute atomic E-state index is 0.0989. The van der Waals surface area contributed by atoms with Gasteiger partial charge >= 0.3 is 6.18 Å². The predicted octanol–water partition coefficient (Wildman–Crippen LogP) is 4.43. The average Bonchev–Trinajstić information content (AvgIpc) is 3.21. The SMILES string of the molecule is Cc1nnccc1-c1ccc(C[n+]2cc([N-]C(=O)Nc3ccnc(C(F)(F)F)c3)on2)cc1. The normalized spacial score (nSPS) is 11.3. The molecule has 4 rings (SSSR count). The number of urea groups is 1. The van der Waals surface area contributed by atoms with Crippen molar-refractivity contribution in [1.29, 1.82) is 0 Å². The summed E-state index contributed by atoms with van der Waals surface area (Å²) in [6.45, 7) is 2.24. The Hall–Kier alpha value is -4.35. The first kappa shape index (κ1) is 21.9. The van der Waals surface area contributed by atoms with Gasteiger partial charge in [0.1, 0.15) is 5.69 Å². The Morgan fingerprint density at radius 3 is 2.67 bits per heavy atom. The topological polar surface area (TPSA) is 112 Å². The number of benzene rings is 1. The molecular weight excluding hydrogens is 439 g/mol. The number of carbonyl (C=O) groups excluding carboxylic acids is 1. The van der Waals surface area contributed by atoms with Crippen molar-refractivity contribution >= 4 is 17.6 Å². The van der Waals surface area contributed by atoms with Gasteiger partial charge in [-0.05, 0) is 41.1 Å². The molecule has 168 valence electrons. The molecule has 0 saturated heterocycles. The van der Waals surface area contributed by atoms with Gasteiger partial charge in [0, 0.05) is 17.3 Å². The number of halogens is 3. The lowest BCUT2D eigenvalue weighted by Crippen LogP contribution is -2.35. The van der Waals surface area contributed by atoms with Gasteiger partial charge in [-0.2, -0.15) is 23.4 Å². The number of anilines is 1. The van der Waals surface area contributed by atoms with Gasteiger partial charge in [-0.1, -0.05) is 24.3 Å². The molecule has 1 aromatic carbocycles. The van der Waals surface area contributed by atoms with E-state index in [0.717, 1.165) is 28.6 Å². The van der Waals surface area contributed by atoms with Crippen LogP contribution in [0.25, 0.3) is 16.4 Å². The summed E-state index contributed by atoms with van der Waals surface area (Å²) in [7, 11) is 0. The Labute approximate surface area is 185 Å². The number of hydrogen-bond acceptors (Lipinski definition) is 6. The highest BCUT2D eigenvalue weighted by Gasteiger charge is 2.32. The van der Waals surface area contributed by atoms with E-state index in [9.17, 15) is 18.0 Å². The number of aromatic nitrogens is 5. The first-order valence-electron chi connectivity index (χ1n) is 9.58. The van der Waals surface area contributed by atoms with E-state index in [0.29, 0.717) is 12.6 Å². The van der Waals surface area contributed by atoms with Gasteiger partial charge in [-0.3, -0.25) is 9.78 Å². The summed E-state index contributed by atoms with van der Waals surface area (Å²) >= 11 is 0. The van der Waals surface area contributed by atoms with Gasteiger partial charge in [-0.15, -0.1) is 0 Å². The molecule has 1 N–H and O–H groups in total. The van der Waals surface area contributed by atoms with E-state index in [4.69, 9.17) is 4.52 Å². The number of carbonyl (C=O) groups is 1. The summed E-state index contributed by atoms with van der Waals surface area (Å²) in [4.78, 5) is 15.3. The van der Waals surface area contributed by atoms with Crippen LogP contribution in [0.1, 0.15) is 17.0 Å². The first-order chi connectivity index (χ1) is 15.8. The van der Waals surface area contributed by atoms with Crippen LogP contribution in [0.5, 0.6) is 0 Å². The molecular formula is C21H16F3N7O2. The molecule has 4 aromatic rings. The van der Waals surface area contributed by atoms with Crippen LogP contribution < -0.4 is 10.00 Å². The van der Waals surface area contributed by atoms with Crippen LogP contribution in [0.3, 0.4) is 0 Å². The summed E-state index contributed by atoms with van der Waals surface area (Å²) in [5.74, 6) is -0.104. The number of amides is 2. The number of hydrogen-bond donors (Lipinski definition) is 1. The summed E-state index contributed by atoms with van der Waals surface area (Å²) in [6.07, 6.45) is -0.649. The number of aryl methyl sites for hydroxylation is 1. The second-order valence-corrected chi connectivity index (χ2v) is 6.93. The number of pyridine rings is 1. The third-order valence-corrected chi connectivity index (χ3v) is 4.53. The summed E-state index contributed by atoms with van der Waals surface area (Å²) in [5.41, 5.74) is 2.49. The third-order valence-electron chi connectivity index (χ3n) is 4.53. The highest BCUT2D eigenvalue weighted by molar-refractivity contribution is 6.03. The van der Waals surface area contributed by atoms with Crippen molar-refractivity contribution in [3.05, 3.63) is 83.3 Å². The molecule has 0 radical (unpaired) electrons. The summed E-state index contributed by atoms with van der Waals surface area (Å²) in [6, 6.07) is 10.6. The Bertz CT molecular complexity index is 1270. The predicted molar refractivity (Wildman–Crippen MR) is 109 cm³/mol. The highest BCUT2D eigenvalue weighted by Crippen LogP contribution is 2.29. The molecule has 3 heterocycles. The lowest BCUT2D eigenvalue weighted by molar-refractivity contribution is -0.754. The van der Waals surface area contributed by atoms with Crippen molar-refractivity contribution in [1.82, 2.24) is 20.5 Å². The monoisotopic (exact) mass is 455 g/mol. The molecule has 33 heavy (non-hydrogen) atoms.